The van der Waals surface area contributed by atoms with E-state index in [-0.39, 0.29) is 130 Å². The molecule has 3 aliphatic carbocycles. The number of Topliss-reactive ketones (excluding diaryl/α,β-unsaturated/α-hetero) is 1. The fraction of sp³-hybridized carbons (Fsp3) is 0.379. The van der Waals surface area contributed by atoms with Gasteiger partial charge in [-0.05, 0) is 38.5 Å². The molecule has 29 nitrogen and oxygen atoms in total. The number of nitrogens with two attached hydrogens (primary N) is 1. The summed E-state index contributed by atoms with van der Waals surface area (Å²) in [5.74, 6) is 1.43. The van der Waals surface area contributed by atoms with Gasteiger partial charge >= 0.3 is 5.97 Å². The molecule has 474 valence electrons. The number of benzene rings is 3. The van der Waals surface area contributed by atoms with Crippen molar-refractivity contribution in [3.8, 4) is 33.8 Å². The molecule has 3 aliphatic heterocycles. The first-order chi connectivity index (χ1) is 43.0. The second-order valence-electron chi connectivity index (χ2n) is 22.7. The van der Waals surface area contributed by atoms with Crippen molar-refractivity contribution >= 4 is 70.8 Å². The van der Waals surface area contributed by atoms with E-state index in [1.807, 2.05) is 91.0 Å². The van der Waals surface area contributed by atoms with Crippen molar-refractivity contribution in [2.24, 2.45) is 29.5 Å². The average molecular weight is 1300 g/mol. The molecule has 0 unspecified atom stereocenters. The van der Waals surface area contributed by atoms with Gasteiger partial charge in [-0.15, -0.1) is 10.2 Å². The zero-order chi connectivity index (χ0) is 63.9. The Hall–Kier alpha value is -9.27. The molecule has 0 atom stereocenters. The van der Waals surface area contributed by atoms with Crippen LogP contribution in [0.3, 0.4) is 0 Å². The molecule has 0 spiro atoms. The Kier molecular flexibility index (Phi) is 19.3. The number of carbonyl (C=O) groups excluding carboxylic acids is 6. The molecule has 32 heteroatoms. The molecular weight excluding hydrogens is 1230 g/mol. The van der Waals surface area contributed by atoms with Crippen LogP contribution in [0.1, 0.15) is 93.8 Å². The van der Waals surface area contributed by atoms with Gasteiger partial charge < -0.3 is 44.4 Å². The van der Waals surface area contributed by atoms with Crippen molar-refractivity contribution in [1.82, 2.24) is 52.4 Å². The topological polar surface area (TPSA) is 445 Å². The van der Waals surface area contributed by atoms with Crippen LogP contribution in [0.5, 0.6) is 0 Å². The molecule has 8 N–H and O–H groups in total. The maximum atomic E-state index is 12.4. The lowest BCUT2D eigenvalue weighted by molar-refractivity contribution is -0.140. The third-order valence-corrected chi connectivity index (χ3v) is 21.3. The quantitative estimate of drug-likeness (QED) is 0.0391. The maximum absolute atomic E-state index is 12.4. The Balaban J connectivity index is 0.000000140. The minimum absolute atomic E-state index is 0.0165. The smallest absolute Gasteiger partial charge is 0.308 e. The summed E-state index contributed by atoms with van der Waals surface area (Å²) < 4.78 is 86.5. The van der Waals surface area contributed by atoms with Gasteiger partial charge in [0.25, 0.3) is 17.7 Å². The molecule has 90 heavy (non-hydrogen) atoms. The lowest BCUT2D eigenvalue weighted by atomic mass is 9.79. The predicted octanol–water partition coefficient (Wildman–Crippen LogP) is 2.45. The SMILES string of the molecule is NNC(=O)C1CC(NC(=O)c2cc(-c3ccccc3)no2)C1.O=C(NC1CC(C(=O)NCC(=O)C2CS(=O)(=O)C2)C1)c1cc(-c2ccccc2)no1.O=C(NC1CC(c2nnc(C3CS(=O)(=O)C3)o2)C1)c1cc(-c2ccccc2)no1.O=C(O)C1CS(=O)(=O)C1. The van der Waals surface area contributed by atoms with Gasteiger partial charge in [-0.1, -0.05) is 106 Å². The van der Waals surface area contributed by atoms with Crippen LogP contribution < -0.4 is 32.5 Å². The van der Waals surface area contributed by atoms with Crippen LogP contribution in [-0.2, 0) is 48.7 Å². The number of hydrogen-bond acceptors (Lipinski definition) is 23. The number of sulfone groups is 3. The van der Waals surface area contributed by atoms with Gasteiger partial charge in [0.1, 0.15) is 17.1 Å². The molecule has 7 heterocycles. The summed E-state index contributed by atoms with van der Waals surface area (Å²) in [7, 11) is -8.96. The summed E-state index contributed by atoms with van der Waals surface area (Å²) in [6.07, 6.45) is 3.43. The fourth-order valence-corrected chi connectivity index (χ4v) is 14.6. The Labute approximate surface area is 513 Å². The number of nitrogens with one attached hydrogen (secondary N) is 5. The first-order valence-corrected chi connectivity index (χ1v) is 33.9. The molecule has 6 fully saturated rings. The number of ketones is 1. The second kappa shape index (κ2) is 27.2. The van der Waals surface area contributed by atoms with Crippen LogP contribution in [0.25, 0.3) is 33.8 Å². The van der Waals surface area contributed by atoms with E-state index >= 15 is 0 Å². The van der Waals surface area contributed by atoms with Crippen molar-refractivity contribution < 1.29 is 81.9 Å². The number of carboxylic acid groups (broad SMARTS) is 1. The predicted molar refractivity (Wildman–Crippen MR) is 315 cm³/mol. The summed E-state index contributed by atoms with van der Waals surface area (Å²) in [6, 6.07) is 32.9. The van der Waals surface area contributed by atoms with Crippen molar-refractivity contribution in [1.29, 1.82) is 0 Å². The summed E-state index contributed by atoms with van der Waals surface area (Å²) in [4.78, 5) is 82.0. The molecule has 3 aromatic carbocycles. The monoisotopic (exact) mass is 1300 g/mol. The first kappa shape index (κ1) is 63.7. The van der Waals surface area contributed by atoms with E-state index in [0.29, 0.717) is 67.4 Å². The normalized spacial score (nSPS) is 22.3. The summed E-state index contributed by atoms with van der Waals surface area (Å²) in [5, 5.41) is 39.1. The van der Waals surface area contributed by atoms with Gasteiger partial charge in [0.15, 0.2) is 35.3 Å². The number of amides is 5. The average Bonchev–Trinajstić information content (AvgIpc) is 1.52. The number of hydrazine groups is 1. The van der Waals surface area contributed by atoms with Crippen LogP contribution in [-0.4, -0.2) is 157 Å². The third-order valence-electron chi connectivity index (χ3n) is 15.8. The van der Waals surface area contributed by atoms with Gasteiger partial charge in [-0.2, -0.15) is 0 Å². The lowest BCUT2D eigenvalue weighted by Gasteiger charge is -2.34. The molecule has 5 amide bonds. The van der Waals surface area contributed by atoms with Crippen molar-refractivity contribution in [2.45, 2.75) is 68.5 Å². The van der Waals surface area contributed by atoms with Gasteiger partial charge in [0.05, 0.1) is 52.9 Å². The molecular formula is C58H61N11O18S3. The molecule has 3 saturated carbocycles. The van der Waals surface area contributed by atoms with E-state index in [4.69, 9.17) is 28.9 Å². The van der Waals surface area contributed by atoms with E-state index in [1.54, 1.807) is 18.2 Å². The second-order valence-corrected chi connectivity index (χ2v) is 29.1. The Bertz CT molecular complexity index is 4090. The van der Waals surface area contributed by atoms with Crippen LogP contribution in [0.4, 0.5) is 0 Å². The number of carbonyl (C=O) groups is 7. The van der Waals surface area contributed by atoms with Crippen molar-refractivity contribution in [3.05, 3.63) is 138 Å². The zero-order valence-electron chi connectivity index (χ0n) is 47.7. The molecule has 13 rings (SSSR count). The number of aromatic nitrogens is 5. The standard InChI is InChI=1S/C20H21N3O6S.C19H18N4O5S.C15H16N4O3.C4H6O4S/c24-17(14-10-30(27,28)11-14)9-21-19(25)13-6-15(7-13)22-20(26)18-8-16(23-29-18)12-4-2-1-3-5-12;24-17(16-8-15(23-28-16)11-4-2-1-3-5-11)20-14-6-12(7-14)18-21-22-19(27-18)13-9-29(25,26)10-13;16-18-14(20)10-6-11(7-10)17-15(21)13-8-12(19-22-13)9-4-2-1-3-5-9;5-4(6)3-1-9(7,8)2-3/h1-5,8,13-15H,6-7,9-11H2,(H,21,25)(H,22,26);1-5,8,12-14H,6-7,9-10H2,(H,20,24);1-5,8,10-11H,6-7,16H2,(H,17,21)(H,18,20);3H,1-2H2,(H,5,6). The number of hydrogen-bond donors (Lipinski definition) is 7. The van der Waals surface area contributed by atoms with E-state index in [9.17, 15) is 58.8 Å². The number of carboxylic acids is 1. The van der Waals surface area contributed by atoms with Gasteiger partial charge in [0.2, 0.25) is 40.9 Å². The molecule has 6 aliphatic rings. The first-order valence-electron chi connectivity index (χ1n) is 28.4. The minimum atomic E-state index is -3.07. The van der Waals surface area contributed by atoms with Gasteiger partial charge in [-0.25, -0.2) is 31.1 Å². The van der Waals surface area contributed by atoms with Crippen LogP contribution in [0, 0.1) is 23.7 Å². The van der Waals surface area contributed by atoms with E-state index in [2.05, 4.69) is 52.4 Å². The Morgan fingerprint density at radius 3 is 1.18 bits per heavy atom. The van der Waals surface area contributed by atoms with E-state index < -0.39 is 53.2 Å². The van der Waals surface area contributed by atoms with E-state index in [1.165, 1.54) is 0 Å². The molecule has 0 bridgehead atoms. The largest absolute Gasteiger partial charge is 0.481 e. The lowest BCUT2D eigenvalue weighted by Crippen LogP contribution is -2.51. The summed E-state index contributed by atoms with van der Waals surface area (Å²) in [5.41, 5.74) is 6.51. The highest BCUT2D eigenvalue weighted by Gasteiger charge is 2.43. The summed E-state index contributed by atoms with van der Waals surface area (Å²) in [6.45, 7) is -0.160. The maximum Gasteiger partial charge on any atom is 0.308 e. The molecule has 7 aromatic rings. The summed E-state index contributed by atoms with van der Waals surface area (Å²) >= 11 is 0. The molecule has 4 aromatic heterocycles. The van der Waals surface area contributed by atoms with Crippen LogP contribution in [0.2, 0.25) is 0 Å². The highest BCUT2D eigenvalue weighted by molar-refractivity contribution is 7.93. The van der Waals surface area contributed by atoms with Gasteiger partial charge in [0, 0.05) is 76.7 Å². The van der Waals surface area contributed by atoms with Crippen molar-refractivity contribution in [3.63, 3.8) is 0 Å². The number of rotatable bonds is 17. The minimum Gasteiger partial charge on any atom is -0.481 e. The highest BCUT2D eigenvalue weighted by Crippen LogP contribution is 2.38. The van der Waals surface area contributed by atoms with E-state index in [0.717, 1.165) is 16.7 Å². The van der Waals surface area contributed by atoms with Crippen molar-refractivity contribution in [2.75, 3.05) is 41.1 Å². The third kappa shape index (κ3) is 16.1. The van der Waals surface area contributed by atoms with Crippen LogP contribution >= 0.6 is 0 Å². The number of aliphatic carboxylic acids is 1. The highest BCUT2D eigenvalue weighted by atomic mass is 32.2. The fourth-order valence-electron chi connectivity index (χ4n) is 10.3. The number of nitrogens with zero attached hydrogens (tertiary/aromatic N) is 5. The van der Waals surface area contributed by atoms with Crippen LogP contribution in [0.15, 0.2) is 127 Å². The van der Waals surface area contributed by atoms with Gasteiger partial charge in [-0.3, -0.25) is 39.0 Å². The Morgan fingerprint density at radius 2 is 0.822 bits per heavy atom. The Morgan fingerprint density at radius 1 is 0.467 bits per heavy atom. The molecule has 3 saturated heterocycles. The molecule has 0 radical (unpaired) electrons. The zero-order valence-corrected chi connectivity index (χ0v) is 50.2.